The zero-order valence-electron chi connectivity index (χ0n) is 9.31. The Kier molecular flexibility index (Phi) is 4.74. The monoisotopic (exact) mass is 236 g/mol. The van der Waals surface area contributed by atoms with Crippen LogP contribution in [0.4, 0.5) is 0 Å². The lowest BCUT2D eigenvalue weighted by Crippen LogP contribution is -2.28. The Morgan fingerprint density at radius 1 is 1.62 bits per heavy atom. The Bertz CT molecular complexity index is 405. The maximum Gasteiger partial charge on any atom is 0.207 e. The van der Waals surface area contributed by atoms with Crippen LogP contribution in [0.2, 0.25) is 5.15 Å². The summed E-state index contributed by atoms with van der Waals surface area (Å²) in [5.41, 5.74) is 1.04. The normalized spacial score (nSPS) is 11.0. The van der Waals surface area contributed by atoms with Crippen molar-refractivity contribution in [2.24, 2.45) is 4.99 Å². The van der Waals surface area contributed by atoms with Crippen molar-refractivity contribution >= 4 is 17.4 Å². The van der Waals surface area contributed by atoms with Gasteiger partial charge < -0.3 is 4.90 Å². The van der Waals surface area contributed by atoms with E-state index in [0.717, 1.165) is 12.1 Å². The standard InChI is InChI=1S/C11H13ClN4/c1-3-16(9(2)15-8-13)7-10-4-5-11(12)14-6-10/h4-6H,3,7H2,1-2H3/b15-9-. The number of aromatic nitrogens is 1. The van der Waals surface area contributed by atoms with E-state index in [-0.39, 0.29) is 0 Å². The fourth-order valence-corrected chi connectivity index (χ4v) is 1.43. The molecule has 1 aromatic heterocycles. The lowest BCUT2D eigenvalue weighted by atomic mass is 10.2. The number of hydrogen-bond donors (Lipinski definition) is 0. The van der Waals surface area contributed by atoms with Crippen LogP contribution >= 0.6 is 11.6 Å². The molecule has 0 bridgehead atoms. The van der Waals surface area contributed by atoms with Crippen molar-refractivity contribution in [3.8, 4) is 6.19 Å². The Balaban J connectivity index is 2.75. The number of nitriles is 1. The Hall–Kier alpha value is -1.60. The van der Waals surface area contributed by atoms with Crippen molar-refractivity contribution in [3.05, 3.63) is 29.0 Å². The van der Waals surface area contributed by atoms with Gasteiger partial charge >= 0.3 is 0 Å². The second kappa shape index (κ2) is 6.09. The molecule has 0 saturated heterocycles. The van der Waals surface area contributed by atoms with Gasteiger partial charge in [0, 0.05) is 19.3 Å². The fourth-order valence-electron chi connectivity index (χ4n) is 1.32. The summed E-state index contributed by atoms with van der Waals surface area (Å²) in [6.07, 6.45) is 3.51. The smallest absolute Gasteiger partial charge is 0.207 e. The summed E-state index contributed by atoms with van der Waals surface area (Å²) in [5, 5.41) is 8.97. The molecule has 0 radical (unpaired) electrons. The van der Waals surface area contributed by atoms with E-state index in [0.29, 0.717) is 17.5 Å². The van der Waals surface area contributed by atoms with E-state index in [1.165, 1.54) is 0 Å². The number of aliphatic imine (C=N–C) groups is 1. The summed E-state index contributed by atoms with van der Waals surface area (Å²) >= 11 is 5.70. The highest BCUT2D eigenvalue weighted by Gasteiger charge is 2.05. The van der Waals surface area contributed by atoms with Crippen LogP contribution in [0.1, 0.15) is 19.4 Å². The van der Waals surface area contributed by atoms with Crippen molar-refractivity contribution in [2.45, 2.75) is 20.4 Å². The summed E-state index contributed by atoms with van der Waals surface area (Å²) in [6.45, 7) is 5.30. The molecular formula is C11H13ClN4. The van der Waals surface area contributed by atoms with E-state index in [1.807, 2.05) is 24.8 Å². The summed E-state index contributed by atoms with van der Waals surface area (Å²) in [5.74, 6) is 0.708. The molecule has 0 spiro atoms. The molecule has 0 amide bonds. The lowest BCUT2D eigenvalue weighted by Gasteiger charge is -2.21. The van der Waals surface area contributed by atoms with Crippen LogP contribution in [0.15, 0.2) is 23.3 Å². The first-order chi connectivity index (χ1) is 7.67. The second-order valence-electron chi connectivity index (χ2n) is 3.26. The molecule has 0 aliphatic carbocycles. The molecule has 84 valence electrons. The minimum Gasteiger partial charge on any atom is -0.355 e. The minimum absolute atomic E-state index is 0.481. The van der Waals surface area contributed by atoms with Gasteiger partial charge in [-0.05, 0) is 25.5 Å². The molecule has 4 nitrogen and oxygen atoms in total. The number of hydrogen-bond acceptors (Lipinski definition) is 3. The van der Waals surface area contributed by atoms with Crippen molar-refractivity contribution in [1.82, 2.24) is 9.88 Å². The molecular weight excluding hydrogens is 224 g/mol. The van der Waals surface area contributed by atoms with Gasteiger partial charge in [-0.15, -0.1) is 0 Å². The van der Waals surface area contributed by atoms with Crippen LogP contribution in [-0.4, -0.2) is 22.3 Å². The molecule has 16 heavy (non-hydrogen) atoms. The minimum atomic E-state index is 0.481. The van der Waals surface area contributed by atoms with Gasteiger partial charge in [0.25, 0.3) is 0 Å². The fraction of sp³-hybridized carbons (Fsp3) is 0.364. The van der Waals surface area contributed by atoms with Crippen LogP contribution < -0.4 is 0 Å². The highest BCUT2D eigenvalue weighted by Crippen LogP contribution is 2.08. The average molecular weight is 237 g/mol. The molecule has 0 saturated carbocycles. The average Bonchev–Trinajstić information content (AvgIpc) is 2.28. The zero-order chi connectivity index (χ0) is 12.0. The zero-order valence-corrected chi connectivity index (χ0v) is 10.1. The lowest BCUT2D eigenvalue weighted by molar-refractivity contribution is 0.432. The third-order valence-electron chi connectivity index (χ3n) is 2.21. The van der Waals surface area contributed by atoms with E-state index in [1.54, 1.807) is 18.5 Å². The maximum absolute atomic E-state index is 8.49. The van der Waals surface area contributed by atoms with E-state index < -0.39 is 0 Å². The van der Waals surface area contributed by atoms with Crippen LogP contribution in [-0.2, 0) is 6.54 Å². The summed E-state index contributed by atoms with van der Waals surface area (Å²) in [4.78, 5) is 9.71. The topological polar surface area (TPSA) is 52.3 Å². The highest BCUT2D eigenvalue weighted by atomic mass is 35.5. The van der Waals surface area contributed by atoms with Crippen LogP contribution in [0.25, 0.3) is 0 Å². The van der Waals surface area contributed by atoms with Crippen LogP contribution in [0.3, 0.4) is 0 Å². The van der Waals surface area contributed by atoms with Gasteiger partial charge in [0.05, 0.1) is 0 Å². The molecule has 0 N–H and O–H groups in total. The molecule has 1 aromatic rings. The van der Waals surface area contributed by atoms with Gasteiger partial charge in [0.2, 0.25) is 6.19 Å². The van der Waals surface area contributed by atoms with E-state index in [2.05, 4.69) is 9.98 Å². The largest absolute Gasteiger partial charge is 0.355 e. The first-order valence-electron chi connectivity index (χ1n) is 4.96. The quantitative estimate of drug-likeness (QED) is 0.351. The van der Waals surface area contributed by atoms with Gasteiger partial charge in [-0.1, -0.05) is 17.7 Å². The Morgan fingerprint density at radius 2 is 2.38 bits per heavy atom. The molecule has 0 aliphatic rings. The number of halogens is 1. The van der Waals surface area contributed by atoms with Crippen molar-refractivity contribution in [3.63, 3.8) is 0 Å². The summed E-state index contributed by atoms with van der Waals surface area (Å²) in [6, 6.07) is 3.67. The maximum atomic E-state index is 8.49. The van der Waals surface area contributed by atoms with Crippen LogP contribution in [0, 0.1) is 11.5 Å². The Morgan fingerprint density at radius 3 is 2.88 bits per heavy atom. The van der Waals surface area contributed by atoms with Crippen molar-refractivity contribution in [2.75, 3.05) is 6.54 Å². The predicted molar refractivity (Wildman–Crippen MR) is 64.1 cm³/mol. The molecule has 0 atom stereocenters. The molecule has 1 heterocycles. The predicted octanol–water partition coefficient (Wildman–Crippen LogP) is 2.46. The summed E-state index contributed by atoms with van der Waals surface area (Å²) in [7, 11) is 0. The van der Waals surface area contributed by atoms with E-state index >= 15 is 0 Å². The van der Waals surface area contributed by atoms with Gasteiger partial charge in [-0.3, -0.25) is 0 Å². The molecule has 1 rings (SSSR count). The van der Waals surface area contributed by atoms with Crippen molar-refractivity contribution in [1.29, 1.82) is 5.26 Å². The first kappa shape index (κ1) is 12.5. The summed E-state index contributed by atoms with van der Waals surface area (Å²) < 4.78 is 0. The number of pyridine rings is 1. The number of nitrogens with zero attached hydrogens (tertiary/aromatic N) is 4. The van der Waals surface area contributed by atoms with E-state index in [4.69, 9.17) is 16.9 Å². The van der Waals surface area contributed by atoms with Gasteiger partial charge in [0.15, 0.2) is 0 Å². The molecule has 0 aliphatic heterocycles. The Labute approximate surface area is 100 Å². The van der Waals surface area contributed by atoms with Crippen LogP contribution in [0.5, 0.6) is 0 Å². The van der Waals surface area contributed by atoms with E-state index in [9.17, 15) is 0 Å². The second-order valence-corrected chi connectivity index (χ2v) is 3.65. The molecule has 0 unspecified atom stereocenters. The molecule has 5 heteroatoms. The highest BCUT2D eigenvalue weighted by molar-refractivity contribution is 6.29. The number of amidine groups is 1. The number of rotatable bonds is 3. The van der Waals surface area contributed by atoms with Gasteiger partial charge in [-0.2, -0.15) is 10.3 Å². The third kappa shape index (κ3) is 3.52. The third-order valence-corrected chi connectivity index (χ3v) is 2.44. The van der Waals surface area contributed by atoms with Crippen molar-refractivity contribution < 1.29 is 0 Å². The SMILES string of the molecule is CCN(Cc1ccc(Cl)nc1)/C(C)=N\C#N. The van der Waals surface area contributed by atoms with Gasteiger partial charge in [0.1, 0.15) is 11.0 Å². The first-order valence-corrected chi connectivity index (χ1v) is 5.34. The molecule has 0 fully saturated rings. The molecule has 0 aromatic carbocycles. The van der Waals surface area contributed by atoms with Gasteiger partial charge in [-0.25, -0.2) is 4.98 Å².